The average Bonchev–Trinajstić information content (AvgIpc) is 2.78. The van der Waals surface area contributed by atoms with Crippen molar-refractivity contribution in [2.75, 3.05) is 25.5 Å². The zero-order valence-electron chi connectivity index (χ0n) is 19.6. The summed E-state index contributed by atoms with van der Waals surface area (Å²) < 4.78 is 0. The van der Waals surface area contributed by atoms with Gasteiger partial charge in [0.05, 0.1) is 6.04 Å². The fourth-order valence-corrected chi connectivity index (χ4v) is 6.27. The molecule has 6 nitrogen and oxygen atoms in total. The van der Waals surface area contributed by atoms with Crippen LogP contribution in [0.5, 0.6) is 5.75 Å². The molecule has 2 amide bonds. The van der Waals surface area contributed by atoms with E-state index < -0.39 is 0 Å². The first-order valence-corrected chi connectivity index (χ1v) is 12.1. The molecule has 1 heterocycles. The molecule has 1 unspecified atom stereocenters. The van der Waals surface area contributed by atoms with Gasteiger partial charge in [-0.2, -0.15) is 0 Å². The van der Waals surface area contributed by atoms with Crippen LogP contribution in [-0.2, 0) is 11.8 Å². The number of benzene rings is 2. The summed E-state index contributed by atoms with van der Waals surface area (Å²) in [7, 11) is 1.91. The van der Waals surface area contributed by atoms with E-state index in [1.807, 2.05) is 42.3 Å². The largest absolute Gasteiger partial charge is 0.508 e. The number of nitrogens with zero attached hydrogens (tertiary/aromatic N) is 2. The number of likely N-dealkylation sites (tertiary alicyclic amines) is 1. The van der Waals surface area contributed by atoms with Gasteiger partial charge in [0.1, 0.15) is 5.75 Å². The maximum atomic E-state index is 13.4. The molecule has 1 saturated carbocycles. The van der Waals surface area contributed by atoms with Crippen molar-refractivity contribution in [2.24, 2.45) is 5.92 Å². The smallest absolute Gasteiger partial charge is 0.321 e. The predicted molar refractivity (Wildman–Crippen MR) is 131 cm³/mol. The standard InChI is InChI=1S/C27H34N4O2/c1-27-12-13-31(17-19-4-3-5-19)24(14-20-8-11-22(32)15-23(20)27)25(27)30(2)26(33)29-21-9-6-18(16-28)7-10-21/h6-11,15-16,19,24-25,28,32H,3-5,12-14,17H2,1-2H3,(H,29,33)/t24?,25-,27+/m0/s1. The Balaban J connectivity index is 1.45. The van der Waals surface area contributed by atoms with E-state index in [9.17, 15) is 9.90 Å². The Morgan fingerprint density at radius 1 is 1.27 bits per heavy atom. The van der Waals surface area contributed by atoms with E-state index in [-0.39, 0.29) is 23.5 Å². The molecule has 0 radical (unpaired) electrons. The number of carbonyl (C=O) groups excluding carboxylic acids is 1. The minimum atomic E-state index is -0.219. The molecular formula is C27H34N4O2. The van der Waals surface area contributed by atoms with Crippen molar-refractivity contribution in [1.82, 2.24) is 9.80 Å². The molecule has 5 rings (SSSR count). The Hall–Kier alpha value is -2.86. The number of rotatable bonds is 5. The van der Waals surface area contributed by atoms with Crippen molar-refractivity contribution in [3.8, 4) is 5.75 Å². The summed E-state index contributed by atoms with van der Waals surface area (Å²) in [6, 6.07) is 13.3. The fraction of sp³-hybridized carbons (Fsp3) is 0.481. The van der Waals surface area contributed by atoms with Crippen LogP contribution in [0, 0.1) is 11.3 Å². The lowest BCUT2D eigenvalue weighted by Crippen LogP contribution is -2.68. The summed E-state index contributed by atoms with van der Waals surface area (Å²) in [5.41, 5.74) is 3.79. The van der Waals surface area contributed by atoms with E-state index in [1.54, 1.807) is 6.07 Å². The van der Waals surface area contributed by atoms with Gasteiger partial charge >= 0.3 is 6.03 Å². The summed E-state index contributed by atoms with van der Waals surface area (Å²) in [5.74, 6) is 1.07. The van der Waals surface area contributed by atoms with Gasteiger partial charge in [0.15, 0.2) is 0 Å². The lowest BCUT2D eigenvalue weighted by molar-refractivity contribution is -0.00720. The highest BCUT2D eigenvalue weighted by molar-refractivity contribution is 5.90. The maximum absolute atomic E-state index is 13.4. The van der Waals surface area contributed by atoms with Crippen LogP contribution >= 0.6 is 0 Å². The molecule has 0 spiro atoms. The zero-order valence-corrected chi connectivity index (χ0v) is 19.6. The van der Waals surface area contributed by atoms with Gasteiger partial charge in [-0.05, 0) is 79.1 Å². The van der Waals surface area contributed by atoms with Crippen LogP contribution < -0.4 is 5.32 Å². The summed E-state index contributed by atoms with van der Waals surface area (Å²) in [6.07, 6.45) is 7.13. The number of hydrogen-bond acceptors (Lipinski definition) is 4. The monoisotopic (exact) mass is 446 g/mol. The van der Waals surface area contributed by atoms with Crippen LogP contribution in [-0.4, -0.2) is 59.4 Å². The zero-order chi connectivity index (χ0) is 23.2. The number of anilines is 1. The Labute approximate surface area is 196 Å². The van der Waals surface area contributed by atoms with Gasteiger partial charge in [-0.1, -0.05) is 31.5 Å². The molecule has 2 bridgehead atoms. The summed E-state index contributed by atoms with van der Waals surface area (Å²) in [6.45, 7) is 4.42. The number of phenolic OH excluding ortho intramolecular Hbond substituents is 1. The van der Waals surface area contributed by atoms with E-state index in [1.165, 1.54) is 36.6 Å². The van der Waals surface area contributed by atoms with Gasteiger partial charge in [0, 0.05) is 37.0 Å². The SMILES string of the molecule is CN(C(=O)Nc1ccc(C=N)cc1)[C@H]1C2Cc3ccc(O)cc3[C@@]1(C)CCN2CC1CCC1. The first-order valence-electron chi connectivity index (χ1n) is 12.1. The molecule has 0 aromatic heterocycles. The Morgan fingerprint density at radius 3 is 2.70 bits per heavy atom. The van der Waals surface area contributed by atoms with Gasteiger partial charge < -0.3 is 20.7 Å². The van der Waals surface area contributed by atoms with Crippen molar-refractivity contribution in [3.05, 3.63) is 59.2 Å². The lowest BCUT2D eigenvalue weighted by atomic mass is 9.61. The molecule has 6 heteroatoms. The first-order chi connectivity index (χ1) is 15.9. The molecule has 174 valence electrons. The van der Waals surface area contributed by atoms with Crippen molar-refractivity contribution < 1.29 is 9.90 Å². The third-order valence-corrected chi connectivity index (χ3v) is 8.33. The van der Waals surface area contributed by atoms with Gasteiger partial charge in [-0.15, -0.1) is 0 Å². The van der Waals surface area contributed by atoms with Gasteiger partial charge in [-0.25, -0.2) is 4.79 Å². The molecule has 1 saturated heterocycles. The van der Waals surface area contributed by atoms with Crippen LogP contribution in [0.1, 0.15) is 49.3 Å². The summed E-state index contributed by atoms with van der Waals surface area (Å²) >= 11 is 0. The highest BCUT2D eigenvalue weighted by Gasteiger charge is 2.53. The molecule has 3 N–H and O–H groups in total. The minimum Gasteiger partial charge on any atom is -0.508 e. The number of fused-ring (bicyclic) bond motifs is 4. The van der Waals surface area contributed by atoms with E-state index in [2.05, 4.69) is 23.2 Å². The fourth-order valence-electron chi connectivity index (χ4n) is 6.27. The minimum absolute atomic E-state index is 0.0153. The normalized spacial score (nSPS) is 26.7. The molecule has 2 aromatic rings. The van der Waals surface area contributed by atoms with Crippen molar-refractivity contribution in [3.63, 3.8) is 0 Å². The number of nitrogens with one attached hydrogen (secondary N) is 2. The van der Waals surface area contributed by atoms with E-state index in [0.717, 1.165) is 43.1 Å². The molecular weight excluding hydrogens is 412 g/mol. The molecule has 3 aliphatic rings. The highest BCUT2D eigenvalue weighted by Crippen LogP contribution is 2.48. The Kier molecular flexibility index (Phi) is 5.65. The number of piperidine rings is 1. The molecule has 33 heavy (non-hydrogen) atoms. The number of phenols is 1. The van der Waals surface area contributed by atoms with E-state index >= 15 is 0 Å². The Bertz CT molecular complexity index is 1050. The number of amides is 2. The predicted octanol–water partition coefficient (Wildman–Crippen LogP) is 4.61. The second-order valence-corrected chi connectivity index (χ2v) is 10.3. The van der Waals surface area contributed by atoms with Crippen LogP contribution in [0.3, 0.4) is 0 Å². The van der Waals surface area contributed by atoms with Crippen molar-refractivity contribution in [1.29, 1.82) is 5.41 Å². The summed E-state index contributed by atoms with van der Waals surface area (Å²) in [4.78, 5) is 17.9. The number of hydrogen-bond donors (Lipinski definition) is 3. The van der Waals surface area contributed by atoms with Crippen molar-refractivity contribution >= 4 is 17.9 Å². The third-order valence-electron chi connectivity index (χ3n) is 8.33. The van der Waals surface area contributed by atoms with Crippen molar-refractivity contribution in [2.45, 2.75) is 56.5 Å². The summed E-state index contributed by atoms with van der Waals surface area (Å²) in [5, 5.41) is 20.7. The molecule has 3 atom stereocenters. The van der Waals surface area contributed by atoms with Gasteiger partial charge in [0.2, 0.25) is 0 Å². The van der Waals surface area contributed by atoms with Gasteiger partial charge in [0.25, 0.3) is 0 Å². The first kappa shape index (κ1) is 22.0. The third kappa shape index (κ3) is 3.90. The maximum Gasteiger partial charge on any atom is 0.321 e. The molecule has 1 aliphatic heterocycles. The quantitative estimate of drug-likeness (QED) is 0.587. The van der Waals surface area contributed by atoms with Crippen LogP contribution in [0.15, 0.2) is 42.5 Å². The number of carbonyl (C=O) groups is 1. The second kappa shape index (κ2) is 8.49. The lowest BCUT2D eigenvalue weighted by Gasteiger charge is -2.58. The topological polar surface area (TPSA) is 79.7 Å². The molecule has 2 fully saturated rings. The highest BCUT2D eigenvalue weighted by atomic mass is 16.3. The van der Waals surface area contributed by atoms with Gasteiger partial charge in [-0.3, -0.25) is 4.90 Å². The number of likely N-dealkylation sites (N-methyl/N-ethyl adjacent to an activating group) is 1. The number of aromatic hydroxyl groups is 1. The Morgan fingerprint density at radius 2 is 2.03 bits per heavy atom. The van der Waals surface area contributed by atoms with Crippen LogP contribution in [0.4, 0.5) is 10.5 Å². The molecule has 2 aliphatic carbocycles. The average molecular weight is 447 g/mol. The van der Waals surface area contributed by atoms with E-state index in [4.69, 9.17) is 5.41 Å². The molecule has 2 aromatic carbocycles. The van der Waals surface area contributed by atoms with Crippen LogP contribution in [0.2, 0.25) is 0 Å². The van der Waals surface area contributed by atoms with E-state index in [0.29, 0.717) is 5.75 Å². The van der Waals surface area contributed by atoms with Crippen LogP contribution in [0.25, 0.3) is 0 Å². The second-order valence-electron chi connectivity index (χ2n) is 10.3. The number of urea groups is 1.